The maximum atomic E-state index is 10.4. The quantitative estimate of drug-likeness (QED) is 0.899. The highest BCUT2D eigenvalue weighted by Crippen LogP contribution is 2.41. The Morgan fingerprint density at radius 3 is 2.26 bits per heavy atom. The standard InChI is InChI=1S/C17H27NO/c1-12-8-13(2)10-15(9-12)18(5)11-14-6-7-17(3,4)16(14)19/h8-10,14,16,19H,6-7,11H2,1-5H3. The highest BCUT2D eigenvalue weighted by atomic mass is 16.3. The normalized spacial score (nSPS) is 25.6. The van der Waals surface area contributed by atoms with Crippen LogP contribution >= 0.6 is 0 Å². The van der Waals surface area contributed by atoms with Crippen LogP contribution in [0.3, 0.4) is 0 Å². The van der Waals surface area contributed by atoms with Crippen molar-refractivity contribution < 1.29 is 5.11 Å². The zero-order chi connectivity index (χ0) is 14.2. The lowest BCUT2D eigenvalue weighted by molar-refractivity contribution is 0.0484. The maximum absolute atomic E-state index is 10.4. The Balaban J connectivity index is 2.07. The van der Waals surface area contributed by atoms with Gasteiger partial charge in [0.2, 0.25) is 0 Å². The average Bonchev–Trinajstić information content (AvgIpc) is 2.55. The molecule has 106 valence electrons. The van der Waals surface area contributed by atoms with Gasteiger partial charge in [-0.2, -0.15) is 0 Å². The predicted octanol–water partition coefficient (Wildman–Crippen LogP) is 3.54. The Morgan fingerprint density at radius 2 is 1.79 bits per heavy atom. The van der Waals surface area contributed by atoms with Gasteiger partial charge in [0.25, 0.3) is 0 Å². The Labute approximate surface area is 117 Å². The number of rotatable bonds is 3. The van der Waals surface area contributed by atoms with Crippen molar-refractivity contribution in [3.05, 3.63) is 29.3 Å². The molecule has 0 saturated heterocycles. The zero-order valence-corrected chi connectivity index (χ0v) is 12.9. The second-order valence-electron chi connectivity index (χ2n) is 6.96. The lowest BCUT2D eigenvalue weighted by atomic mass is 9.87. The van der Waals surface area contributed by atoms with Crippen molar-refractivity contribution in [2.45, 2.75) is 46.6 Å². The first-order valence-electron chi connectivity index (χ1n) is 7.27. The van der Waals surface area contributed by atoms with E-state index < -0.39 is 0 Å². The van der Waals surface area contributed by atoms with Gasteiger partial charge in [-0.15, -0.1) is 0 Å². The van der Waals surface area contributed by atoms with Crippen LogP contribution in [0.5, 0.6) is 0 Å². The fourth-order valence-electron chi connectivity index (χ4n) is 3.32. The van der Waals surface area contributed by atoms with E-state index in [0.717, 1.165) is 19.4 Å². The molecule has 0 aliphatic heterocycles. The van der Waals surface area contributed by atoms with Gasteiger partial charge in [-0.05, 0) is 55.4 Å². The summed E-state index contributed by atoms with van der Waals surface area (Å²) in [6.07, 6.45) is 2.07. The molecule has 2 nitrogen and oxygen atoms in total. The Morgan fingerprint density at radius 1 is 1.21 bits per heavy atom. The van der Waals surface area contributed by atoms with Gasteiger partial charge in [0, 0.05) is 25.2 Å². The van der Waals surface area contributed by atoms with Crippen molar-refractivity contribution in [1.29, 1.82) is 0 Å². The molecule has 19 heavy (non-hydrogen) atoms. The molecule has 1 aromatic rings. The van der Waals surface area contributed by atoms with Crippen molar-refractivity contribution in [2.24, 2.45) is 11.3 Å². The van der Waals surface area contributed by atoms with Crippen molar-refractivity contribution in [2.75, 3.05) is 18.5 Å². The molecule has 0 amide bonds. The number of hydrogen-bond acceptors (Lipinski definition) is 2. The van der Waals surface area contributed by atoms with Crippen LogP contribution in [0, 0.1) is 25.2 Å². The molecule has 2 unspecified atom stereocenters. The molecule has 1 N–H and O–H groups in total. The molecule has 1 aliphatic rings. The third kappa shape index (κ3) is 3.11. The summed E-state index contributed by atoms with van der Waals surface area (Å²) in [5.74, 6) is 0.390. The van der Waals surface area contributed by atoms with Gasteiger partial charge in [0.1, 0.15) is 0 Å². The molecular formula is C17H27NO. The van der Waals surface area contributed by atoms with Crippen LogP contribution in [0.2, 0.25) is 0 Å². The van der Waals surface area contributed by atoms with E-state index in [1.165, 1.54) is 16.8 Å². The Kier molecular flexibility index (Phi) is 3.91. The SMILES string of the molecule is Cc1cc(C)cc(N(C)CC2CCC(C)(C)C2O)c1. The van der Waals surface area contributed by atoms with Crippen LogP contribution in [0.15, 0.2) is 18.2 Å². The maximum Gasteiger partial charge on any atom is 0.0636 e. The largest absolute Gasteiger partial charge is 0.392 e. The minimum absolute atomic E-state index is 0.0774. The highest BCUT2D eigenvalue weighted by Gasteiger charge is 2.40. The summed E-state index contributed by atoms with van der Waals surface area (Å²) in [5.41, 5.74) is 3.94. The number of nitrogens with zero attached hydrogens (tertiary/aromatic N) is 1. The minimum atomic E-state index is -0.180. The molecule has 1 aliphatic carbocycles. The number of benzene rings is 1. The molecule has 1 fully saturated rings. The lowest BCUT2D eigenvalue weighted by Gasteiger charge is -2.29. The Bertz CT molecular complexity index is 432. The van der Waals surface area contributed by atoms with Gasteiger partial charge in [-0.1, -0.05) is 19.9 Å². The molecule has 2 heteroatoms. The van der Waals surface area contributed by atoms with E-state index >= 15 is 0 Å². The summed E-state index contributed by atoms with van der Waals surface area (Å²) in [4.78, 5) is 2.29. The van der Waals surface area contributed by atoms with E-state index in [1.807, 2.05) is 0 Å². The van der Waals surface area contributed by atoms with E-state index in [-0.39, 0.29) is 11.5 Å². The van der Waals surface area contributed by atoms with E-state index in [9.17, 15) is 5.11 Å². The van der Waals surface area contributed by atoms with E-state index in [1.54, 1.807) is 0 Å². The van der Waals surface area contributed by atoms with Crippen molar-refractivity contribution >= 4 is 5.69 Å². The molecular weight excluding hydrogens is 234 g/mol. The first-order valence-corrected chi connectivity index (χ1v) is 7.27. The van der Waals surface area contributed by atoms with Gasteiger partial charge >= 0.3 is 0 Å². The summed E-state index contributed by atoms with van der Waals surface area (Å²) in [7, 11) is 2.13. The summed E-state index contributed by atoms with van der Waals surface area (Å²) in [5, 5.41) is 10.4. The van der Waals surface area contributed by atoms with Crippen LogP contribution in [0.4, 0.5) is 5.69 Å². The smallest absolute Gasteiger partial charge is 0.0636 e. The molecule has 0 bridgehead atoms. The summed E-state index contributed by atoms with van der Waals surface area (Å²) >= 11 is 0. The summed E-state index contributed by atoms with van der Waals surface area (Å²) in [6.45, 7) is 9.56. The third-order valence-electron chi connectivity index (χ3n) is 4.56. The van der Waals surface area contributed by atoms with Crippen molar-refractivity contribution in [1.82, 2.24) is 0 Å². The first-order chi connectivity index (χ1) is 8.79. The van der Waals surface area contributed by atoms with Gasteiger partial charge in [-0.3, -0.25) is 0 Å². The molecule has 2 rings (SSSR count). The number of hydrogen-bond donors (Lipinski definition) is 1. The topological polar surface area (TPSA) is 23.5 Å². The molecule has 0 radical (unpaired) electrons. The minimum Gasteiger partial charge on any atom is -0.392 e. The Hall–Kier alpha value is -1.02. The molecule has 1 saturated carbocycles. The van der Waals surface area contributed by atoms with Crippen molar-refractivity contribution in [3.63, 3.8) is 0 Å². The van der Waals surface area contributed by atoms with Crippen LogP contribution in [-0.2, 0) is 0 Å². The van der Waals surface area contributed by atoms with E-state index in [4.69, 9.17) is 0 Å². The first kappa shape index (κ1) is 14.4. The monoisotopic (exact) mass is 261 g/mol. The summed E-state index contributed by atoms with van der Waals surface area (Å²) in [6, 6.07) is 6.64. The number of aryl methyl sites for hydroxylation is 2. The van der Waals surface area contributed by atoms with Gasteiger partial charge < -0.3 is 10.0 Å². The average molecular weight is 261 g/mol. The molecule has 0 aromatic heterocycles. The van der Waals surface area contributed by atoms with Crippen LogP contribution < -0.4 is 4.90 Å². The van der Waals surface area contributed by atoms with Crippen LogP contribution in [0.1, 0.15) is 37.8 Å². The van der Waals surface area contributed by atoms with E-state index in [0.29, 0.717) is 5.92 Å². The molecule has 1 aromatic carbocycles. The van der Waals surface area contributed by atoms with Crippen LogP contribution in [-0.4, -0.2) is 24.8 Å². The molecule has 0 heterocycles. The zero-order valence-electron chi connectivity index (χ0n) is 12.9. The van der Waals surface area contributed by atoms with Gasteiger partial charge in [-0.25, -0.2) is 0 Å². The third-order valence-corrected chi connectivity index (χ3v) is 4.56. The predicted molar refractivity (Wildman–Crippen MR) is 81.7 cm³/mol. The highest BCUT2D eigenvalue weighted by molar-refractivity contribution is 5.50. The lowest BCUT2D eigenvalue weighted by Crippen LogP contribution is -2.35. The van der Waals surface area contributed by atoms with Gasteiger partial charge in [0.05, 0.1) is 6.10 Å². The fourth-order valence-corrected chi connectivity index (χ4v) is 3.32. The van der Waals surface area contributed by atoms with Crippen molar-refractivity contribution in [3.8, 4) is 0 Å². The summed E-state index contributed by atoms with van der Waals surface area (Å²) < 4.78 is 0. The second-order valence-corrected chi connectivity index (χ2v) is 6.96. The van der Waals surface area contributed by atoms with Gasteiger partial charge in [0.15, 0.2) is 0 Å². The number of anilines is 1. The van der Waals surface area contributed by atoms with Crippen LogP contribution in [0.25, 0.3) is 0 Å². The fraction of sp³-hybridized carbons (Fsp3) is 0.647. The van der Waals surface area contributed by atoms with E-state index in [2.05, 4.69) is 57.8 Å². The number of aliphatic hydroxyl groups is 1. The second kappa shape index (κ2) is 5.16. The molecule has 0 spiro atoms. The molecule has 2 atom stereocenters. The number of aliphatic hydroxyl groups excluding tert-OH is 1.